The number of thiazole rings is 1. The van der Waals surface area contributed by atoms with Crippen LogP contribution >= 0.6 is 11.3 Å². The molecule has 1 amide bonds. The van der Waals surface area contributed by atoms with Gasteiger partial charge in [-0.15, -0.1) is 11.3 Å². The summed E-state index contributed by atoms with van der Waals surface area (Å²) in [5, 5.41) is 17.0. The van der Waals surface area contributed by atoms with Crippen molar-refractivity contribution < 1.29 is 14.3 Å². The van der Waals surface area contributed by atoms with Crippen LogP contribution in [0.15, 0.2) is 47.8 Å². The highest BCUT2D eigenvalue weighted by molar-refractivity contribution is 7.14. The summed E-state index contributed by atoms with van der Waals surface area (Å²) in [6.45, 7) is 0. The van der Waals surface area contributed by atoms with Crippen LogP contribution in [0.3, 0.4) is 0 Å². The van der Waals surface area contributed by atoms with E-state index in [1.165, 1.54) is 11.3 Å². The minimum Gasteiger partial charge on any atom is -0.493 e. The first-order valence-electron chi connectivity index (χ1n) is 7.89. The number of carbonyl (C=O) groups is 1. The standard InChI is InChI=1S/C19H16N4O3S/c1-25-16-7-6-14(9-17(16)26-2)22-19-23-15(11-27-19)18(24)21-13-5-3-4-12(8-13)10-20/h3-9,11H,1-2H3,(H,21,24)(H,22,23). The van der Waals surface area contributed by atoms with E-state index in [2.05, 4.69) is 15.6 Å². The number of benzene rings is 2. The Morgan fingerprint density at radius 1 is 1.11 bits per heavy atom. The molecular formula is C19H16N4O3S. The number of nitriles is 1. The number of aromatic nitrogens is 1. The fourth-order valence-corrected chi connectivity index (χ4v) is 3.05. The lowest BCUT2D eigenvalue weighted by molar-refractivity contribution is 0.102. The maximum atomic E-state index is 12.3. The van der Waals surface area contributed by atoms with Crippen LogP contribution in [0.1, 0.15) is 16.1 Å². The molecule has 0 atom stereocenters. The molecule has 0 radical (unpaired) electrons. The molecular weight excluding hydrogens is 364 g/mol. The molecule has 0 aliphatic carbocycles. The topological polar surface area (TPSA) is 96.3 Å². The second kappa shape index (κ2) is 8.21. The molecule has 0 unspecified atom stereocenters. The monoisotopic (exact) mass is 380 g/mol. The van der Waals surface area contributed by atoms with Gasteiger partial charge in [0.05, 0.1) is 25.9 Å². The van der Waals surface area contributed by atoms with Crippen LogP contribution in [-0.4, -0.2) is 25.1 Å². The smallest absolute Gasteiger partial charge is 0.275 e. The third-order valence-electron chi connectivity index (χ3n) is 3.62. The summed E-state index contributed by atoms with van der Waals surface area (Å²) in [6.07, 6.45) is 0. The van der Waals surface area contributed by atoms with Gasteiger partial charge in [0.15, 0.2) is 16.6 Å². The molecule has 0 aliphatic rings. The first kappa shape index (κ1) is 18.2. The zero-order valence-corrected chi connectivity index (χ0v) is 15.5. The molecule has 2 aromatic carbocycles. The number of carbonyl (C=O) groups excluding carboxylic acids is 1. The van der Waals surface area contributed by atoms with Gasteiger partial charge in [-0.05, 0) is 30.3 Å². The number of hydrogen-bond acceptors (Lipinski definition) is 7. The van der Waals surface area contributed by atoms with Gasteiger partial charge < -0.3 is 20.1 Å². The molecule has 3 aromatic rings. The predicted molar refractivity (Wildman–Crippen MR) is 104 cm³/mol. The van der Waals surface area contributed by atoms with Crippen LogP contribution < -0.4 is 20.1 Å². The van der Waals surface area contributed by atoms with Crippen LogP contribution in [0.25, 0.3) is 0 Å². The molecule has 0 aliphatic heterocycles. The zero-order chi connectivity index (χ0) is 19.2. The van der Waals surface area contributed by atoms with Crippen molar-refractivity contribution in [2.75, 3.05) is 24.9 Å². The van der Waals surface area contributed by atoms with Gasteiger partial charge in [0.25, 0.3) is 5.91 Å². The Morgan fingerprint density at radius 2 is 1.93 bits per heavy atom. The number of ether oxygens (including phenoxy) is 2. The van der Waals surface area contributed by atoms with Crippen molar-refractivity contribution in [3.8, 4) is 17.6 Å². The molecule has 0 saturated heterocycles. The van der Waals surface area contributed by atoms with E-state index in [1.807, 2.05) is 12.1 Å². The van der Waals surface area contributed by atoms with Crippen molar-refractivity contribution in [2.45, 2.75) is 0 Å². The fraction of sp³-hybridized carbons (Fsp3) is 0.105. The van der Waals surface area contributed by atoms with Crippen molar-refractivity contribution in [2.24, 2.45) is 0 Å². The summed E-state index contributed by atoms with van der Waals surface area (Å²) in [4.78, 5) is 16.6. The van der Waals surface area contributed by atoms with E-state index in [9.17, 15) is 4.79 Å². The largest absolute Gasteiger partial charge is 0.493 e. The van der Waals surface area contributed by atoms with Gasteiger partial charge in [-0.1, -0.05) is 6.07 Å². The molecule has 0 spiro atoms. The third-order valence-corrected chi connectivity index (χ3v) is 4.38. The summed E-state index contributed by atoms with van der Waals surface area (Å²) in [5.74, 6) is 0.873. The number of hydrogen-bond donors (Lipinski definition) is 2. The molecule has 27 heavy (non-hydrogen) atoms. The van der Waals surface area contributed by atoms with E-state index in [1.54, 1.807) is 56.0 Å². The Labute approximate surface area is 160 Å². The minimum absolute atomic E-state index is 0.283. The Kier molecular flexibility index (Phi) is 5.54. The summed E-state index contributed by atoms with van der Waals surface area (Å²) in [6, 6.07) is 14.1. The molecule has 1 heterocycles. The maximum absolute atomic E-state index is 12.3. The van der Waals surface area contributed by atoms with Crippen molar-refractivity contribution in [3.05, 3.63) is 59.1 Å². The first-order chi connectivity index (χ1) is 13.1. The molecule has 3 rings (SSSR count). The molecule has 136 valence electrons. The summed E-state index contributed by atoms with van der Waals surface area (Å²) in [7, 11) is 3.14. The molecule has 7 nitrogen and oxygen atoms in total. The van der Waals surface area contributed by atoms with Gasteiger partial charge >= 0.3 is 0 Å². The van der Waals surface area contributed by atoms with Crippen LogP contribution in [0.2, 0.25) is 0 Å². The normalized spacial score (nSPS) is 9.96. The lowest BCUT2D eigenvalue weighted by Gasteiger charge is -2.09. The van der Waals surface area contributed by atoms with E-state index in [0.29, 0.717) is 27.9 Å². The second-order valence-electron chi connectivity index (χ2n) is 5.38. The lowest BCUT2D eigenvalue weighted by Crippen LogP contribution is -2.12. The molecule has 2 N–H and O–H groups in total. The van der Waals surface area contributed by atoms with Crippen LogP contribution in [0.5, 0.6) is 11.5 Å². The van der Waals surface area contributed by atoms with Crippen molar-refractivity contribution in [1.29, 1.82) is 5.26 Å². The van der Waals surface area contributed by atoms with Crippen LogP contribution in [0, 0.1) is 11.3 Å². The number of anilines is 3. The highest BCUT2D eigenvalue weighted by atomic mass is 32.1. The van der Waals surface area contributed by atoms with E-state index in [-0.39, 0.29) is 11.6 Å². The summed E-state index contributed by atoms with van der Waals surface area (Å²) in [5.41, 5.74) is 2.06. The van der Waals surface area contributed by atoms with Gasteiger partial charge in [0.2, 0.25) is 0 Å². The number of nitrogens with zero attached hydrogens (tertiary/aromatic N) is 2. The quantitative estimate of drug-likeness (QED) is 0.670. The number of methoxy groups -OCH3 is 2. The Hall–Kier alpha value is -3.57. The highest BCUT2D eigenvalue weighted by Gasteiger charge is 2.12. The Balaban J connectivity index is 1.71. The molecule has 1 aromatic heterocycles. The molecule has 0 saturated carbocycles. The van der Waals surface area contributed by atoms with Gasteiger partial charge in [-0.3, -0.25) is 4.79 Å². The molecule has 0 fully saturated rings. The molecule has 8 heteroatoms. The fourth-order valence-electron chi connectivity index (χ4n) is 2.33. The van der Waals surface area contributed by atoms with Crippen LogP contribution in [0.4, 0.5) is 16.5 Å². The number of rotatable bonds is 6. The van der Waals surface area contributed by atoms with Crippen molar-refractivity contribution in [1.82, 2.24) is 4.98 Å². The average molecular weight is 380 g/mol. The molecule has 0 bridgehead atoms. The number of amides is 1. The van der Waals surface area contributed by atoms with E-state index in [0.717, 1.165) is 5.69 Å². The average Bonchev–Trinajstić information content (AvgIpc) is 3.16. The third kappa shape index (κ3) is 4.34. The SMILES string of the molecule is COc1ccc(Nc2nc(C(=O)Nc3cccc(C#N)c3)cs2)cc1OC. The Bertz CT molecular complexity index is 1010. The van der Waals surface area contributed by atoms with Gasteiger partial charge in [0.1, 0.15) is 5.69 Å². The van der Waals surface area contributed by atoms with Gasteiger partial charge in [0, 0.05) is 22.8 Å². The zero-order valence-electron chi connectivity index (χ0n) is 14.6. The predicted octanol–water partition coefficient (Wildman–Crippen LogP) is 4.03. The first-order valence-corrected chi connectivity index (χ1v) is 8.77. The van der Waals surface area contributed by atoms with E-state index < -0.39 is 0 Å². The van der Waals surface area contributed by atoms with E-state index >= 15 is 0 Å². The van der Waals surface area contributed by atoms with Gasteiger partial charge in [-0.2, -0.15) is 5.26 Å². The van der Waals surface area contributed by atoms with Crippen molar-refractivity contribution >= 4 is 33.8 Å². The van der Waals surface area contributed by atoms with Crippen molar-refractivity contribution in [3.63, 3.8) is 0 Å². The Morgan fingerprint density at radius 3 is 2.67 bits per heavy atom. The summed E-state index contributed by atoms with van der Waals surface area (Å²) < 4.78 is 10.5. The number of nitrogens with one attached hydrogen (secondary N) is 2. The van der Waals surface area contributed by atoms with Crippen LogP contribution in [-0.2, 0) is 0 Å². The van der Waals surface area contributed by atoms with Gasteiger partial charge in [-0.25, -0.2) is 4.98 Å². The maximum Gasteiger partial charge on any atom is 0.275 e. The minimum atomic E-state index is -0.346. The van der Waals surface area contributed by atoms with E-state index in [4.69, 9.17) is 14.7 Å². The highest BCUT2D eigenvalue weighted by Crippen LogP contribution is 2.31. The lowest BCUT2D eigenvalue weighted by atomic mass is 10.2. The second-order valence-corrected chi connectivity index (χ2v) is 6.24. The summed E-state index contributed by atoms with van der Waals surface area (Å²) >= 11 is 1.31.